The standard InChI is InChI=1S/C19H26O2/c1-11-9-13(20)10-12-3-4-14-15(18(11)12)7-8-19(2)16(14)5-6-17(19)21/h9-10,14-17,20-21H,3-8H2,1-2H3. The third-order valence-corrected chi connectivity index (χ3v) is 6.96. The van der Waals surface area contributed by atoms with Crippen LogP contribution < -0.4 is 0 Å². The lowest BCUT2D eigenvalue weighted by Gasteiger charge is -2.50. The van der Waals surface area contributed by atoms with Gasteiger partial charge in [0.05, 0.1) is 6.10 Å². The first-order valence-electron chi connectivity index (χ1n) is 8.51. The number of fused-ring (bicyclic) bond motifs is 5. The second-order valence-electron chi connectivity index (χ2n) is 7.89. The number of aryl methyl sites for hydroxylation is 2. The molecule has 2 fully saturated rings. The highest BCUT2D eigenvalue weighted by molar-refractivity contribution is 5.45. The summed E-state index contributed by atoms with van der Waals surface area (Å²) in [5.41, 5.74) is 4.31. The van der Waals surface area contributed by atoms with Gasteiger partial charge in [-0.15, -0.1) is 0 Å². The number of phenols is 1. The lowest BCUT2D eigenvalue weighted by atomic mass is 9.55. The highest BCUT2D eigenvalue weighted by Crippen LogP contribution is 2.61. The van der Waals surface area contributed by atoms with E-state index in [1.54, 1.807) is 0 Å². The Morgan fingerprint density at radius 2 is 1.95 bits per heavy atom. The van der Waals surface area contributed by atoms with Crippen molar-refractivity contribution in [1.82, 2.24) is 0 Å². The van der Waals surface area contributed by atoms with Gasteiger partial charge in [-0.2, -0.15) is 0 Å². The maximum atomic E-state index is 10.4. The Balaban J connectivity index is 1.75. The SMILES string of the molecule is Cc1cc(O)cc2c1C1CCC3(C)C(O)CCC3C1CC2. The molecule has 5 atom stereocenters. The molecule has 0 bridgehead atoms. The van der Waals surface area contributed by atoms with Gasteiger partial charge in [0.25, 0.3) is 0 Å². The monoisotopic (exact) mass is 286 g/mol. The number of aromatic hydroxyl groups is 1. The molecule has 2 N–H and O–H groups in total. The van der Waals surface area contributed by atoms with Crippen molar-refractivity contribution < 1.29 is 10.2 Å². The van der Waals surface area contributed by atoms with Crippen LogP contribution in [0.1, 0.15) is 61.6 Å². The maximum Gasteiger partial charge on any atom is 0.116 e. The highest BCUT2D eigenvalue weighted by Gasteiger charge is 2.54. The average molecular weight is 286 g/mol. The number of benzene rings is 1. The summed E-state index contributed by atoms with van der Waals surface area (Å²) >= 11 is 0. The molecule has 0 aromatic heterocycles. The first-order valence-corrected chi connectivity index (χ1v) is 8.51. The third-order valence-electron chi connectivity index (χ3n) is 6.96. The molecule has 4 rings (SSSR count). The van der Waals surface area contributed by atoms with Crippen LogP contribution in [0, 0.1) is 24.2 Å². The molecule has 2 nitrogen and oxygen atoms in total. The van der Waals surface area contributed by atoms with Gasteiger partial charge >= 0.3 is 0 Å². The zero-order valence-corrected chi connectivity index (χ0v) is 13.1. The van der Waals surface area contributed by atoms with Crippen molar-refractivity contribution in [3.8, 4) is 5.75 Å². The second-order valence-corrected chi connectivity index (χ2v) is 7.89. The minimum absolute atomic E-state index is 0.0919. The van der Waals surface area contributed by atoms with E-state index in [-0.39, 0.29) is 11.5 Å². The normalized spacial score (nSPS) is 41.3. The molecule has 0 spiro atoms. The summed E-state index contributed by atoms with van der Waals surface area (Å²) in [6.07, 6.45) is 6.78. The Bertz CT molecular complexity index is 579. The average Bonchev–Trinajstić information content (AvgIpc) is 2.74. The molecule has 0 heterocycles. The molecule has 3 aliphatic rings. The Morgan fingerprint density at radius 1 is 1.14 bits per heavy atom. The number of hydrogen-bond donors (Lipinski definition) is 2. The topological polar surface area (TPSA) is 40.5 Å². The lowest BCUT2D eigenvalue weighted by molar-refractivity contribution is -0.0227. The first-order chi connectivity index (χ1) is 10.0. The Morgan fingerprint density at radius 3 is 2.76 bits per heavy atom. The fourth-order valence-electron chi connectivity index (χ4n) is 5.93. The van der Waals surface area contributed by atoms with Crippen molar-refractivity contribution in [2.75, 3.05) is 0 Å². The van der Waals surface area contributed by atoms with E-state index in [0.717, 1.165) is 25.2 Å². The van der Waals surface area contributed by atoms with Gasteiger partial charge in [-0.25, -0.2) is 0 Å². The molecule has 0 radical (unpaired) electrons. The van der Waals surface area contributed by atoms with Gasteiger partial charge in [-0.05, 0) is 97.4 Å². The van der Waals surface area contributed by atoms with E-state index in [2.05, 4.69) is 13.8 Å². The van der Waals surface area contributed by atoms with Crippen molar-refractivity contribution in [3.63, 3.8) is 0 Å². The molecule has 5 unspecified atom stereocenters. The minimum Gasteiger partial charge on any atom is -0.508 e. The molecular weight excluding hydrogens is 260 g/mol. The molecular formula is C19H26O2. The summed E-state index contributed by atoms with van der Waals surface area (Å²) in [5.74, 6) is 2.49. The number of aliphatic hydroxyl groups excluding tert-OH is 1. The highest BCUT2D eigenvalue weighted by atomic mass is 16.3. The second kappa shape index (κ2) is 4.49. The van der Waals surface area contributed by atoms with Crippen LogP contribution in [0.25, 0.3) is 0 Å². The van der Waals surface area contributed by atoms with E-state index >= 15 is 0 Å². The van der Waals surface area contributed by atoms with Crippen LogP contribution in [0.15, 0.2) is 12.1 Å². The van der Waals surface area contributed by atoms with Crippen molar-refractivity contribution >= 4 is 0 Å². The van der Waals surface area contributed by atoms with E-state index in [1.807, 2.05) is 12.1 Å². The fourth-order valence-corrected chi connectivity index (χ4v) is 5.93. The predicted molar refractivity (Wildman–Crippen MR) is 83.5 cm³/mol. The molecule has 0 aliphatic heterocycles. The summed E-state index contributed by atoms with van der Waals surface area (Å²) in [4.78, 5) is 0. The minimum atomic E-state index is -0.0919. The molecule has 2 heteroatoms. The van der Waals surface area contributed by atoms with E-state index in [9.17, 15) is 10.2 Å². The van der Waals surface area contributed by atoms with Gasteiger partial charge in [0.1, 0.15) is 5.75 Å². The Kier molecular flexibility index (Phi) is 2.91. The van der Waals surface area contributed by atoms with Gasteiger partial charge in [0.2, 0.25) is 0 Å². The molecule has 21 heavy (non-hydrogen) atoms. The van der Waals surface area contributed by atoms with E-state index < -0.39 is 0 Å². The van der Waals surface area contributed by atoms with Gasteiger partial charge in [-0.3, -0.25) is 0 Å². The van der Waals surface area contributed by atoms with Gasteiger partial charge in [0, 0.05) is 0 Å². The molecule has 114 valence electrons. The van der Waals surface area contributed by atoms with Crippen LogP contribution in [0.3, 0.4) is 0 Å². The van der Waals surface area contributed by atoms with E-state index in [4.69, 9.17) is 0 Å². The summed E-state index contributed by atoms with van der Waals surface area (Å²) in [6.45, 7) is 4.48. The van der Waals surface area contributed by atoms with Crippen LogP contribution >= 0.6 is 0 Å². The summed E-state index contributed by atoms with van der Waals surface area (Å²) in [6, 6.07) is 3.91. The van der Waals surface area contributed by atoms with Crippen LogP contribution in [0.2, 0.25) is 0 Å². The molecule has 0 saturated heterocycles. The lowest BCUT2D eigenvalue weighted by Crippen LogP contribution is -2.44. The van der Waals surface area contributed by atoms with Crippen LogP contribution in [0.5, 0.6) is 5.75 Å². The summed E-state index contributed by atoms with van der Waals surface area (Å²) < 4.78 is 0. The first kappa shape index (κ1) is 13.6. The van der Waals surface area contributed by atoms with Crippen molar-refractivity contribution in [3.05, 3.63) is 28.8 Å². The largest absolute Gasteiger partial charge is 0.508 e. The Labute approximate surface area is 127 Å². The number of rotatable bonds is 0. The number of aliphatic hydroxyl groups is 1. The van der Waals surface area contributed by atoms with Gasteiger partial charge in [0.15, 0.2) is 0 Å². The van der Waals surface area contributed by atoms with Crippen LogP contribution in [-0.4, -0.2) is 16.3 Å². The third kappa shape index (κ3) is 1.81. The number of hydrogen-bond acceptors (Lipinski definition) is 2. The van der Waals surface area contributed by atoms with Crippen molar-refractivity contribution in [2.45, 2.75) is 64.4 Å². The van der Waals surface area contributed by atoms with E-state index in [1.165, 1.54) is 36.0 Å². The summed E-state index contributed by atoms with van der Waals surface area (Å²) in [7, 11) is 0. The smallest absolute Gasteiger partial charge is 0.116 e. The van der Waals surface area contributed by atoms with Gasteiger partial charge < -0.3 is 10.2 Å². The predicted octanol–water partition coefficient (Wildman–Crippen LogP) is 3.92. The van der Waals surface area contributed by atoms with Crippen LogP contribution in [-0.2, 0) is 6.42 Å². The van der Waals surface area contributed by atoms with Crippen molar-refractivity contribution in [1.29, 1.82) is 0 Å². The van der Waals surface area contributed by atoms with Gasteiger partial charge in [-0.1, -0.05) is 6.92 Å². The maximum absolute atomic E-state index is 10.4. The molecule has 3 aliphatic carbocycles. The quantitative estimate of drug-likeness (QED) is 0.759. The Hall–Kier alpha value is -1.02. The zero-order chi connectivity index (χ0) is 14.8. The fraction of sp³-hybridized carbons (Fsp3) is 0.684. The summed E-state index contributed by atoms with van der Waals surface area (Å²) in [5, 5.41) is 20.3. The molecule has 1 aromatic rings. The number of phenolic OH excluding ortho intramolecular Hbond substituents is 1. The van der Waals surface area contributed by atoms with E-state index in [0.29, 0.717) is 17.6 Å². The van der Waals surface area contributed by atoms with Crippen LogP contribution in [0.4, 0.5) is 0 Å². The molecule has 1 aromatic carbocycles. The zero-order valence-electron chi connectivity index (χ0n) is 13.1. The molecule has 0 amide bonds. The van der Waals surface area contributed by atoms with Crippen molar-refractivity contribution in [2.24, 2.45) is 17.3 Å². The molecule has 2 saturated carbocycles.